The molecular weight excluding hydrogens is 206 g/mol. The average Bonchev–Trinajstić information content (AvgIpc) is 2.83. The first-order chi connectivity index (χ1) is 7.72. The lowest BCUT2D eigenvalue weighted by molar-refractivity contribution is 0.420. The minimum Gasteiger partial charge on any atom is -0.451 e. The van der Waals surface area contributed by atoms with Gasteiger partial charge >= 0.3 is 0 Å². The molecule has 0 saturated heterocycles. The van der Waals surface area contributed by atoms with Crippen LogP contribution in [-0.4, -0.2) is 10.1 Å². The van der Waals surface area contributed by atoms with Crippen LogP contribution in [0.3, 0.4) is 0 Å². The Balaban J connectivity index is 2.18. The van der Waals surface area contributed by atoms with Crippen molar-refractivity contribution in [2.24, 2.45) is 0 Å². The average molecular weight is 215 g/mol. The van der Waals surface area contributed by atoms with Gasteiger partial charge in [0.1, 0.15) is 5.58 Å². The largest absolute Gasteiger partial charge is 0.451 e. The van der Waals surface area contributed by atoms with E-state index in [-0.39, 0.29) is 5.95 Å². The number of rotatable bonds is 1. The summed E-state index contributed by atoms with van der Waals surface area (Å²) in [6, 6.07) is 7.78. The summed E-state index contributed by atoms with van der Waals surface area (Å²) < 4.78 is 10.5. The highest BCUT2D eigenvalue weighted by Crippen LogP contribution is 2.27. The molecule has 1 aromatic carbocycles. The highest BCUT2D eigenvalue weighted by Gasteiger charge is 2.12. The van der Waals surface area contributed by atoms with Crippen molar-refractivity contribution in [3.8, 4) is 11.7 Å². The van der Waals surface area contributed by atoms with Crippen molar-refractivity contribution >= 4 is 16.9 Å². The zero-order valence-electron chi connectivity index (χ0n) is 8.60. The van der Waals surface area contributed by atoms with Gasteiger partial charge in [0.05, 0.1) is 0 Å². The van der Waals surface area contributed by atoms with Crippen molar-refractivity contribution in [2.75, 3.05) is 5.73 Å². The predicted molar refractivity (Wildman–Crippen MR) is 58.7 cm³/mol. The van der Waals surface area contributed by atoms with Gasteiger partial charge < -0.3 is 14.7 Å². The summed E-state index contributed by atoms with van der Waals surface area (Å²) >= 11 is 0. The summed E-state index contributed by atoms with van der Waals surface area (Å²) in [6.07, 6.45) is 0. The lowest BCUT2D eigenvalue weighted by Gasteiger charge is -1.89. The second-order valence-electron chi connectivity index (χ2n) is 3.61. The molecule has 0 aliphatic carbocycles. The van der Waals surface area contributed by atoms with Crippen LogP contribution in [-0.2, 0) is 0 Å². The molecule has 0 bridgehead atoms. The summed E-state index contributed by atoms with van der Waals surface area (Å²) in [5.74, 6) is 0.933. The van der Waals surface area contributed by atoms with Crippen molar-refractivity contribution in [1.82, 2.24) is 10.1 Å². The van der Waals surface area contributed by atoms with Crippen LogP contribution in [0.4, 0.5) is 5.95 Å². The minimum absolute atomic E-state index is 0.103. The van der Waals surface area contributed by atoms with E-state index in [1.54, 1.807) is 0 Å². The van der Waals surface area contributed by atoms with Gasteiger partial charge in [-0.2, -0.15) is 4.98 Å². The maximum Gasteiger partial charge on any atom is 0.295 e. The zero-order valence-corrected chi connectivity index (χ0v) is 8.60. The SMILES string of the molecule is Cc1ccc2oc(-c3nc(N)no3)cc2c1. The first-order valence-electron chi connectivity index (χ1n) is 4.82. The van der Waals surface area contributed by atoms with Crippen LogP contribution in [0, 0.1) is 6.92 Å². The summed E-state index contributed by atoms with van der Waals surface area (Å²) in [5, 5.41) is 4.52. The van der Waals surface area contributed by atoms with Crippen molar-refractivity contribution in [1.29, 1.82) is 0 Å². The topological polar surface area (TPSA) is 78.1 Å². The summed E-state index contributed by atoms with van der Waals surface area (Å²) in [7, 11) is 0. The van der Waals surface area contributed by atoms with Crippen LogP contribution in [0.25, 0.3) is 22.6 Å². The summed E-state index contributed by atoms with van der Waals surface area (Å²) in [4.78, 5) is 3.90. The summed E-state index contributed by atoms with van der Waals surface area (Å²) in [5.41, 5.74) is 7.34. The fourth-order valence-electron chi connectivity index (χ4n) is 1.60. The number of hydrogen-bond acceptors (Lipinski definition) is 5. The first-order valence-corrected chi connectivity index (χ1v) is 4.82. The number of benzene rings is 1. The molecule has 0 aliphatic heterocycles. The van der Waals surface area contributed by atoms with Crippen molar-refractivity contribution in [3.05, 3.63) is 29.8 Å². The fraction of sp³-hybridized carbons (Fsp3) is 0.0909. The Hall–Kier alpha value is -2.30. The van der Waals surface area contributed by atoms with Crippen LogP contribution in [0.1, 0.15) is 5.56 Å². The van der Waals surface area contributed by atoms with Gasteiger partial charge in [0, 0.05) is 5.39 Å². The molecule has 3 rings (SSSR count). The molecule has 5 nitrogen and oxygen atoms in total. The number of fused-ring (bicyclic) bond motifs is 1. The molecule has 0 fully saturated rings. The molecule has 0 amide bonds. The van der Waals surface area contributed by atoms with Gasteiger partial charge in [-0.3, -0.25) is 0 Å². The monoisotopic (exact) mass is 215 g/mol. The third kappa shape index (κ3) is 1.33. The molecular formula is C11H9N3O2. The van der Waals surface area contributed by atoms with Crippen molar-refractivity contribution in [3.63, 3.8) is 0 Å². The van der Waals surface area contributed by atoms with E-state index in [2.05, 4.69) is 10.1 Å². The maximum atomic E-state index is 5.57. The predicted octanol–water partition coefficient (Wildman–Crippen LogP) is 2.37. The molecule has 0 aliphatic rings. The number of furan rings is 1. The Kier molecular flexibility index (Phi) is 1.73. The molecule has 5 heteroatoms. The van der Waals surface area contributed by atoms with Gasteiger partial charge in [-0.25, -0.2) is 0 Å². The molecule has 16 heavy (non-hydrogen) atoms. The Morgan fingerprint density at radius 1 is 1.25 bits per heavy atom. The van der Waals surface area contributed by atoms with E-state index in [1.165, 1.54) is 5.56 Å². The Morgan fingerprint density at radius 2 is 2.12 bits per heavy atom. The Morgan fingerprint density at radius 3 is 2.88 bits per heavy atom. The first kappa shape index (κ1) is 8.96. The van der Waals surface area contributed by atoms with Crippen LogP contribution in [0.5, 0.6) is 0 Å². The number of aryl methyl sites for hydroxylation is 1. The highest BCUT2D eigenvalue weighted by atomic mass is 16.5. The van der Waals surface area contributed by atoms with Crippen molar-refractivity contribution < 1.29 is 8.94 Å². The van der Waals surface area contributed by atoms with E-state index in [1.807, 2.05) is 31.2 Å². The normalized spacial score (nSPS) is 11.1. The third-order valence-corrected chi connectivity index (χ3v) is 2.32. The number of nitrogen functional groups attached to an aromatic ring is 1. The van der Waals surface area contributed by atoms with E-state index in [0.717, 1.165) is 11.0 Å². The molecule has 0 unspecified atom stereocenters. The van der Waals surface area contributed by atoms with Gasteiger partial charge in [-0.05, 0) is 30.3 Å². The van der Waals surface area contributed by atoms with Gasteiger partial charge in [-0.1, -0.05) is 11.6 Å². The second kappa shape index (κ2) is 3.10. The molecule has 2 heterocycles. The van der Waals surface area contributed by atoms with E-state index in [9.17, 15) is 0 Å². The van der Waals surface area contributed by atoms with E-state index >= 15 is 0 Å². The highest BCUT2D eigenvalue weighted by molar-refractivity contribution is 5.82. The van der Waals surface area contributed by atoms with E-state index < -0.39 is 0 Å². The smallest absolute Gasteiger partial charge is 0.295 e. The molecule has 3 aromatic rings. The summed E-state index contributed by atoms with van der Waals surface area (Å²) in [6.45, 7) is 2.02. The van der Waals surface area contributed by atoms with Crippen LogP contribution in [0.15, 0.2) is 33.2 Å². The second-order valence-corrected chi connectivity index (χ2v) is 3.61. The van der Waals surface area contributed by atoms with E-state index in [4.69, 9.17) is 14.7 Å². The van der Waals surface area contributed by atoms with E-state index in [0.29, 0.717) is 11.7 Å². The maximum absolute atomic E-state index is 5.57. The van der Waals surface area contributed by atoms with Gasteiger partial charge in [0.25, 0.3) is 11.8 Å². The van der Waals surface area contributed by atoms with Crippen molar-refractivity contribution in [2.45, 2.75) is 6.92 Å². The number of aromatic nitrogens is 2. The molecule has 0 radical (unpaired) electrons. The molecule has 80 valence electrons. The van der Waals surface area contributed by atoms with Gasteiger partial charge in [0.2, 0.25) is 0 Å². The third-order valence-electron chi connectivity index (χ3n) is 2.32. The van der Waals surface area contributed by atoms with Crippen LogP contribution >= 0.6 is 0 Å². The lowest BCUT2D eigenvalue weighted by Crippen LogP contribution is -1.84. The van der Waals surface area contributed by atoms with Gasteiger partial charge in [0.15, 0.2) is 5.76 Å². The van der Waals surface area contributed by atoms with Crippen LogP contribution < -0.4 is 5.73 Å². The molecule has 0 atom stereocenters. The molecule has 0 saturated carbocycles. The number of hydrogen-bond donors (Lipinski definition) is 1. The molecule has 2 aromatic heterocycles. The van der Waals surface area contributed by atoms with Gasteiger partial charge in [-0.15, -0.1) is 0 Å². The Labute approximate surface area is 90.9 Å². The fourth-order valence-corrected chi connectivity index (χ4v) is 1.60. The quantitative estimate of drug-likeness (QED) is 0.674. The van der Waals surface area contributed by atoms with Crippen LogP contribution in [0.2, 0.25) is 0 Å². The number of nitrogens with two attached hydrogens (primary N) is 1. The lowest BCUT2D eigenvalue weighted by atomic mass is 10.2. The number of anilines is 1. The molecule has 0 spiro atoms. The molecule has 2 N–H and O–H groups in total. The standard InChI is InChI=1S/C11H9N3O2/c1-6-2-3-8-7(4-6)5-9(15-8)10-13-11(12)14-16-10/h2-5H,1H3,(H2,12,14). The number of nitrogens with zero attached hydrogens (tertiary/aromatic N) is 2. The minimum atomic E-state index is 0.103. The zero-order chi connectivity index (χ0) is 11.1. The Bertz CT molecular complexity index is 654.